The van der Waals surface area contributed by atoms with Crippen molar-refractivity contribution < 1.29 is 21.1 Å². The summed E-state index contributed by atoms with van der Waals surface area (Å²) in [7, 11) is 0. The quantitative estimate of drug-likeness (QED) is 0.419. The molecule has 3 rings (SSSR count). The summed E-state index contributed by atoms with van der Waals surface area (Å²) in [6.07, 6.45) is 0. The molecular weight excluding hydrogens is 365 g/mol. The Bertz CT molecular complexity index is 641. The molecule has 3 aromatic rings. The number of rotatable bonds is 0. The Morgan fingerprint density at radius 3 is 2.13 bits per heavy atom. The first-order valence-corrected chi connectivity index (χ1v) is 5.96. The Balaban J connectivity index is 2.53. The molecule has 0 aliphatic carbocycles. The molecule has 0 aliphatic rings. The minimum atomic E-state index is 1.29. The van der Waals surface area contributed by atoms with E-state index >= 15 is 0 Å². The van der Waals surface area contributed by atoms with E-state index in [4.69, 9.17) is 0 Å². The Kier molecular flexibility index (Phi) is 2.14. The van der Waals surface area contributed by atoms with Crippen LogP contribution in [-0.2, 0) is 21.1 Å². The monoisotopic (exact) mass is 374 g/mol. The molecule has 3 aromatic carbocycles. The van der Waals surface area contributed by atoms with E-state index in [9.17, 15) is 0 Å². The van der Waals surface area contributed by atoms with Crippen molar-refractivity contribution >= 4 is 25.3 Å². The van der Waals surface area contributed by atoms with E-state index in [0.29, 0.717) is 0 Å². The first-order valence-electron chi connectivity index (χ1n) is 4.88. The Hall–Kier alpha value is -1.08. The third-order valence-corrected chi connectivity index (χ3v) is 3.60. The average molecular weight is 374 g/mol. The molecule has 0 radical (unpaired) electrons. The summed E-state index contributed by atoms with van der Waals surface area (Å²) in [5.74, 6) is 0. The molecule has 1 heteroatoms. The van der Waals surface area contributed by atoms with E-state index in [-0.39, 0.29) is 0 Å². The van der Waals surface area contributed by atoms with Crippen molar-refractivity contribution in [3.63, 3.8) is 0 Å². The van der Waals surface area contributed by atoms with Crippen molar-refractivity contribution in [3.8, 4) is 0 Å². The van der Waals surface area contributed by atoms with Crippen LogP contribution in [0.3, 0.4) is 0 Å². The second-order valence-corrected chi connectivity index (χ2v) is 4.79. The summed E-state index contributed by atoms with van der Waals surface area (Å²) in [4.78, 5) is 0. The van der Waals surface area contributed by atoms with Crippen LogP contribution in [0.15, 0.2) is 54.6 Å². The van der Waals surface area contributed by atoms with Crippen molar-refractivity contribution in [2.45, 2.75) is 0 Å². The molecule has 0 nitrogen and oxygen atoms in total. The molecule has 0 aliphatic heterocycles. The Morgan fingerprint density at radius 2 is 1.33 bits per heavy atom. The van der Waals surface area contributed by atoms with E-state index < -0.39 is 0 Å². The predicted molar refractivity (Wildman–Crippen MR) is 61.1 cm³/mol. The molecule has 15 heavy (non-hydrogen) atoms. The van der Waals surface area contributed by atoms with Gasteiger partial charge in [0.05, 0.1) is 0 Å². The maximum absolute atomic E-state index is 2.58. The molecule has 0 saturated heterocycles. The van der Waals surface area contributed by atoms with E-state index in [1.807, 2.05) is 0 Å². The zero-order valence-electron chi connectivity index (χ0n) is 8.00. The molecule has 0 spiro atoms. The van der Waals surface area contributed by atoms with Gasteiger partial charge in [-0.15, -0.1) is 0 Å². The maximum atomic E-state index is 2.58. The fourth-order valence-electron chi connectivity index (χ4n) is 1.90. The van der Waals surface area contributed by atoms with Crippen molar-refractivity contribution in [1.29, 1.82) is 0 Å². The van der Waals surface area contributed by atoms with Gasteiger partial charge in [0, 0.05) is 0 Å². The third-order valence-electron chi connectivity index (χ3n) is 2.66. The summed E-state index contributed by atoms with van der Waals surface area (Å²) in [6.45, 7) is 0. The molecular formula is C14H9Au. The molecule has 0 atom stereocenters. The summed E-state index contributed by atoms with van der Waals surface area (Å²) < 4.78 is 1.29. The van der Waals surface area contributed by atoms with Gasteiger partial charge in [-0.2, -0.15) is 0 Å². The molecule has 0 amide bonds. The number of fused-ring (bicyclic) bond motifs is 2. The normalized spacial score (nSPS) is 11.1. The number of hydrogen-bond donors (Lipinski definition) is 0. The van der Waals surface area contributed by atoms with Gasteiger partial charge in [0.2, 0.25) is 0 Å². The second kappa shape index (κ2) is 3.49. The van der Waals surface area contributed by atoms with Crippen LogP contribution in [-0.4, -0.2) is 0 Å². The van der Waals surface area contributed by atoms with Crippen LogP contribution in [0.25, 0.3) is 21.5 Å². The minimum absolute atomic E-state index is 1.29. The van der Waals surface area contributed by atoms with Crippen LogP contribution in [0.2, 0.25) is 0 Å². The van der Waals surface area contributed by atoms with Gasteiger partial charge in [0.25, 0.3) is 0 Å². The average Bonchev–Trinajstić information content (AvgIpc) is 2.27. The van der Waals surface area contributed by atoms with Crippen LogP contribution in [0.4, 0.5) is 0 Å². The van der Waals surface area contributed by atoms with Crippen LogP contribution >= 0.6 is 0 Å². The van der Waals surface area contributed by atoms with Crippen molar-refractivity contribution in [3.05, 3.63) is 54.6 Å². The van der Waals surface area contributed by atoms with Crippen molar-refractivity contribution in [1.82, 2.24) is 0 Å². The van der Waals surface area contributed by atoms with Crippen LogP contribution < -0.4 is 3.78 Å². The molecule has 0 bridgehead atoms. The summed E-state index contributed by atoms with van der Waals surface area (Å²) in [6, 6.07) is 19.4. The Labute approximate surface area is 101 Å². The van der Waals surface area contributed by atoms with Gasteiger partial charge in [0.15, 0.2) is 0 Å². The molecule has 0 unspecified atom stereocenters. The molecule has 0 fully saturated rings. The molecule has 0 N–H and O–H groups in total. The Morgan fingerprint density at radius 1 is 0.667 bits per heavy atom. The van der Waals surface area contributed by atoms with Crippen LogP contribution in [0.5, 0.6) is 0 Å². The van der Waals surface area contributed by atoms with E-state index in [0.717, 1.165) is 0 Å². The zero-order chi connectivity index (χ0) is 10.3. The van der Waals surface area contributed by atoms with Gasteiger partial charge in [0.1, 0.15) is 0 Å². The fraction of sp³-hybridized carbons (Fsp3) is 0. The van der Waals surface area contributed by atoms with Gasteiger partial charge in [-0.1, -0.05) is 0 Å². The van der Waals surface area contributed by atoms with Gasteiger partial charge in [-0.3, -0.25) is 0 Å². The van der Waals surface area contributed by atoms with Gasteiger partial charge < -0.3 is 0 Å². The SMILES string of the molecule is [Au][c]1cccc2cc3ccccc3cc12. The number of benzene rings is 3. The van der Waals surface area contributed by atoms with E-state index in [2.05, 4.69) is 75.7 Å². The standard InChI is InChI=1S/C14H9.Au/c1-2-6-12-10-14-8-4-3-7-13(14)9-11(12)5-1;/h1-7,9-10H;. The fourth-order valence-corrected chi connectivity index (χ4v) is 2.58. The third kappa shape index (κ3) is 1.51. The molecule has 0 saturated carbocycles. The van der Waals surface area contributed by atoms with Gasteiger partial charge >= 0.3 is 101 Å². The number of hydrogen-bond acceptors (Lipinski definition) is 0. The van der Waals surface area contributed by atoms with Crippen molar-refractivity contribution in [2.75, 3.05) is 0 Å². The predicted octanol–water partition coefficient (Wildman–Crippen LogP) is 3.17. The van der Waals surface area contributed by atoms with E-state index in [1.165, 1.54) is 25.3 Å². The summed E-state index contributed by atoms with van der Waals surface area (Å²) in [5.41, 5.74) is 0. The first-order chi connectivity index (χ1) is 7.34. The van der Waals surface area contributed by atoms with Crippen LogP contribution in [0, 0.1) is 0 Å². The second-order valence-electron chi connectivity index (χ2n) is 3.62. The van der Waals surface area contributed by atoms with Gasteiger partial charge in [-0.25, -0.2) is 0 Å². The summed E-state index contributed by atoms with van der Waals surface area (Å²) >= 11 is 2.58. The zero-order valence-corrected chi connectivity index (χ0v) is 10.2. The van der Waals surface area contributed by atoms with Crippen molar-refractivity contribution in [2.24, 2.45) is 0 Å². The van der Waals surface area contributed by atoms with E-state index in [1.54, 1.807) is 0 Å². The molecule has 0 heterocycles. The van der Waals surface area contributed by atoms with Crippen LogP contribution in [0.1, 0.15) is 0 Å². The molecule has 76 valence electrons. The van der Waals surface area contributed by atoms with Gasteiger partial charge in [-0.05, 0) is 0 Å². The topological polar surface area (TPSA) is 0 Å². The summed E-state index contributed by atoms with van der Waals surface area (Å²) in [5, 5.41) is 5.27. The first kappa shape index (κ1) is 9.17. The molecule has 0 aromatic heterocycles.